The fourth-order valence-corrected chi connectivity index (χ4v) is 2.03. The Morgan fingerprint density at radius 2 is 2.05 bits per heavy atom. The number of hydrogen-bond acceptors (Lipinski definition) is 2. The van der Waals surface area contributed by atoms with Crippen molar-refractivity contribution >= 4 is 0 Å². The zero-order chi connectivity index (χ0) is 13.2. The van der Waals surface area contributed by atoms with Crippen molar-refractivity contribution in [3.05, 3.63) is 66.2 Å². The second-order valence-electron chi connectivity index (χ2n) is 4.36. The van der Waals surface area contributed by atoms with Gasteiger partial charge in [0.2, 0.25) is 11.6 Å². The quantitative estimate of drug-likeness (QED) is 0.815. The van der Waals surface area contributed by atoms with Gasteiger partial charge in [-0.3, -0.25) is 5.11 Å². The highest BCUT2D eigenvalue weighted by atomic mass is 19.1. The molecule has 1 aliphatic carbocycles. The van der Waals surface area contributed by atoms with Crippen LogP contribution in [-0.4, -0.2) is 4.98 Å². The van der Waals surface area contributed by atoms with Gasteiger partial charge in [-0.2, -0.15) is 0 Å². The summed E-state index contributed by atoms with van der Waals surface area (Å²) in [4.78, 5) is 4.36. The normalized spacial score (nSPS) is 18.9. The third-order valence-electron chi connectivity index (χ3n) is 3.05. The highest BCUT2D eigenvalue weighted by molar-refractivity contribution is 5.57. The van der Waals surface area contributed by atoms with Crippen LogP contribution < -0.4 is 0 Å². The minimum atomic E-state index is -0.703. The molecule has 0 spiro atoms. The van der Waals surface area contributed by atoms with E-state index in [1.54, 1.807) is 6.26 Å². The molecule has 19 heavy (non-hydrogen) atoms. The van der Waals surface area contributed by atoms with Crippen LogP contribution in [0.4, 0.5) is 4.39 Å². The molecule has 1 heterocycles. The van der Waals surface area contributed by atoms with Gasteiger partial charge in [-0.15, -0.1) is 0 Å². The molecule has 0 saturated heterocycles. The lowest BCUT2D eigenvalue weighted by molar-refractivity contribution is 0.279. The molecule has 0 amide bonds. The third kappa shape index (κ3) is 2.29. The molecule has 1 radical (unpaired) electrons. The molecular weight excluding hydrogens is 245 g/mol. The molecule has 0 N–H and O–H groups in total. The Morgan fingerprint density at radius 3 is 2.79 bits per heavy atom. The van der Waals surface area contributed by atoms with Crippen molar-refractivity contribution in [1.29, 1.82) is 0 Å². The Labute approximate surface area is 109 Å². The van der Waals surface area contributed by atoms with E-state index in [2.05, 4.69) is 4.98 Å². The minimum absolute atomic E-state index is 0.288. The number of nitrogens with zero attached hydrogens (tertiary/aromatic N) is 1. The number of allylic oxidation sites excluding steroid dienone is 3. The lowest BCUT2D eigenvalue weighted by Crippen LogP contribution is -2.01. The summed E-state index contributed by atoms with van der Waals surface area (Å²) < 4.78 is 18.4. The zero-order valence-electron chi connectivity index (χ0n) is 10.0. The number of benzene rings is 1. The molecule has 0 saturated carbocycles. The molecule has 1 aromatic heterocycles. The molecule has 1 unspecified atom stereocenters. The molecule has 2 aromatic rings. The van der Waals surface area contributed by atoms with Gasteiger partial charge in [-0.25, -0.2) is 9.37 Å². The van der Waals surface area contributed by atoms with Crippen molar-refractivity contribution in [2.24, 2.45) is 0 Å². The van der Waals surface area contributed by atoms with Gasteiger partial charge in [0, 0.05) is 5.56 Å². The van der Waals surface area contributed by atoms with E-state index in [9.17, 15) is 9.50 Å². The summed E-state index contributed by atoms with van der Waals surface area (Å²) in [6, 6.07) is 9.61. The first kappa shape index (κ1) is 11.7. The van der Waals surface area contributed by atoms with Gasteiger partial charge in [-0.1, -0.05) is 30.3 Å². The fraction of sp³-hybridized carbons (Fsp3) is 0.133. The molecule has 95 valence electrons. The van der Waals surface area contributed by atoms with Gasteiger partial charge >= 0.3 is 0 Å². The van der Waals surface area contributed by atoms with Crippen molar-refractivity contribution in [3.8, 4) is 11.3 Å². The Kier molecular flexibility index (Phi) is 2.91. The van der Waals surface area contributed by atoms with Crippen molar-refractivity contribution in [2.75, 3.05) is 0 Å². The van der Waals surface area contributed by atoms with E-state index in [0.29, 0.717) is 18.0 Å². The van der Waals surface area contributed by atoms with Crippen molar-refractivity contribution < 1.29 is 13.9 Å². The number of rotatable bonds is 2. The van der Waals surface area contributed by atoms with Gasteiger partial charge in [0.1, 0.15) is 12.0 Å². The van der Waals surface area contributed by atoms with E-state index in [1.165, 1.54) is 12.2 Å². The molecule has 1 atom stereocenters. The smallest absolute Gasteiger partial charge is 0.210 e. The van der Waals surface area contributed by atoms with Crippen LogP contribution in [0.1, 0.15) is 18.2 Å². The number of halogens is 1. The van der Waals surface area contributed by atoms with Crippen molar-refractivity contribution in [3.63, 3.8) is 0 Å². The summed E-state index contributed by atoms with van der Waals surface area (Å²) in [6.07, 6.45) is 4.54. The first-order valence-corrected chi connectivity index (χ1v) is 6.00. The molecule has 0 bridgehead atoms. The monoisotopic (exact) mass is 256 g/mol. The second kappa shape index (κ2) is 4.72. The molecule has 1 aromatic carbocycles. The summed E-state index contributed by atoms with van der Waals surface area (Å²) in [7, 11) is 0. The lowest BCUT2D eigenvalue weighted by Gasteiger charge is -2.09. The Bertz CT molecular complexity index is 643. The van der Waals surface area contributed by atoms with Crippen LogP contribution >= 0.6 is 0 Å². The number of oxazole rings is 1. The number of hydrogen-bond donors (Lipinski definition) is 0. The largest absolute Gasteiger partial charge is 0.448 e. The van der Waals surface area contributed by atoms with E-state index in [4.69, 9.17) is 4.42 Å². The standard InChI is InChI=1S/C15H11FNO2/c16-12-7-6-11(8-14(12)18)15-17-13(9-19-15)10-4-2-1-3-5-10/h1-5,7-9,11H,6H2. The van der Waals surface area contributed by atoms with Gasteiger partial charge in [-0.05, 0) is 18.6 Å². The van der Waals surface area contributed by atoms with Gasteiger partial charge in [0.25, 0.3) is 0 Å². The van der Waals surface area contributed by atoms with Crippen LogP contribution in [0.3, 0.4) is 0 Å². The summed E-state index contributed by atoms with van der Waals surface area (Å²) in [5.74, 6) is -1.15. The summed E-state index contributed by atoms with van der Waals surface area (Å²) in [6.45, 7) is 0. The Balaban J connectivity index is 1.87. The second-order valence-corrected chi connectivity index (χ2v) is 4.36. The first-order chi connectivity index (χ1) is 9.24. The predicted molar refractivity (Wildman–Crippen MR) is 67.3 cm³/mol. The maximum atomic E-state index is 13.0. The minimum Gasteiger partial charge on any atom is -0.448 e. The first-order valence-electron chi connectivity index (χ1n) is 6.00. The fourth-order valence-electron chi connectivity index (χ4n) is 2.03. The van der Waals surface area contributed by atoms with E-state index in [0.717, 1.165) is 5.56 Å². The molecule has 3 rings (SSSR count). The molecular formula is C15H11FNO2. The molecule has 1 aliphatic rings. The van der Waals surface area contributed by atoms with Gasteiger partial charge in [0.15, 0.2) is 5.83 Å². The predicted octanol–water partition coefficient (Wildman–Crippen LogP) is 4.00. The maximum absolute atomic E-state index is 13.0. The average molecular weight is 256 g/mol. The van der Waals surface area contributed by atoms with Crippen LogP contribution in [-0.2, 0) is 5.11 Å². The van der Waals surface area contributed by atoms with Crippen LogP contribution in [0.25, 0.3) is 11.3 Å². The van der Waals surface area contributed by atoms with E-state index in [1.807, 2.05) is 30.3 Å². The Hall–Kier alpha value is -2.36. The summed E-state index contributed by atoms with van der Waals surface area (Å²) in [5, 5.41) is 11.3. The van der Waals surface area contributed by atoms with Crippen LogP contribution in [0, 0.1) is 0 Å². The molecule has 0 fully saturated rings. The Morgan fingerprint density at radius 1 is 1.26 bits per heavy atom. The van der Waals surface area contributed by atoms with E-state index < -0.39 is 11.6 Å². The van der Waals surface area contributed by atoms with Crippen molar-refractivity contribution in [2.45, 2.75) is 12.3 Å². The average Bonchev–Trinajstić information content (AvgIpc) is 2.93. The topological polar surface area (TPSA) is 45.9 Å². The SMILES string of the molecule is [O]C1=CC(c2nc(-c3ccccc3)co2)CC=C1F. The van der Waals surface area contributed by atoms with Crippen LogP contribution in [0.5, 0.6) is 0 Å². The van der Waals surface area contributed by atoms with Gasteiger partial charge in [0.05, 0.1) is 5.92 Å². The lowest BCUT2D eigenvalue weighted by atomic mass is 9.99. The van der Waals surface area contributed by atoms with E-state index in [-0.39, 0.29) is 5.92 Å². The third-order valence-corrected chi connectivity index (χ3v) is 3.05. The highest BCUT2D eigenvalue weighted by Gasteiger charge is 2.22. The van der Waals surface area contributed by atoms with Crippen LogP contribution in [0.15, 0.2) is 64.8 Å². The van der Waals surface area contributed by atoms with Gasteiger partial charge < -0.3 is 4.42 Å². The molecule has 3 nitrogen and oxygen atoms in total. The summed E-state index contributed by atoms with van der Waals surface area (Å²) >= 11 is 0. The van der Waals surface area contributed by atoms with E-state index >= 15 is 0 Å². The molecule has 0 aliphatic heterocycles. The molecule has 4 heteroatoms. The van der Waals surface area contributed by atoms with Crippen molar-refractivity contribution in [1.82, 2.24) is 4.98 Å². The highest BCUT2D eigenvalue weighted by Crippen LogP contribution is 2.31. The maximum Gasteiger partial charge on any atom is 0.210 e. The summed E-state index contributed by atoms with van der Waals surface area (Å²) in [5.41, 5.74) is 1.66. The zero-order valence-corrected chi connectivity index (χ0v) is 10.0. The number of aromatic nitrogens is 1. The van der Waals surface area contributed by atoms with Crippen LogP contribution in [0.2, 0.25) is 0 Å².